The van der Waals surface area contributed by atoms with Crippen molar-refractivity contribution in [2.24, 2.45) is 0 Å². The van der Waals surface area contributed by atoms with Crippen LogP contribution in [-0.2, 0) is 0 Å². The van der Waals surface area contributed by atoms with Gasteiger partial charge in [-0.15, -0.1) is 79.4 Å². The van der Waals surface area contributed by atoms with Gasteiger partial charge in [0, 0.05) is 48.4 Å². The summed E-state index contributed by atoms with van der Waals surface area (Å²) in [5.74, 6) is 0. The number of rotatable bonds is 4. The van der Waals surface area contributed by atoms with Crippen molar-refractivity contribution in [3.8, 4) is 34.3 Å². The van der Waals surface area contributed by atoms with Crippen LogP contribution in [0.25, 0.3) is 74.6 Å². The van der Waals surface area contributed by atoms with E-state index in [1.165, 1.54) is 71.6 Å². The van der Waals surface area contributed by atoms with Crippen molar-refractivity contribution in [2.75, 3.05) is 0 Å². The second kappa shape index (κ2) is 10.6. The van der Waals surface area contributed by atoms with E-state index in [2.05, 4.69) is 57.2 Å². The Bertz CT molecular complexity index is 2730. The highest BCUT2D eigenvalue weighted by Gasteiger charge is 2.21. The van der Waals surface area contributed by atoms with Crippen molar-refractivity contribution in [1.29, 1.82) is 0 Å². The first kappa shape index (κ1) is 29.0. The minimum Gasteiger partial charge on any atom is -0.268 e. The van der Waals surface area contributed by atoms with Gasteiger partial charge in [-0.05, 0) is 116 Å². The summed E-state index contributed by atoms with van der Waals surface area (Å²) in [6.45, 7) is 8.72. The molecule has 46 heavy (non-hydrogen) atoms. The van der Waals surface area contributed by atoms with Crippen LogP contribution in [-0.4, -0.2) is 4.57 Å². The molecule has 0 amide bonds. The van der Waals surface area contributed by atoms with Crippen molar-refractivity contribution >= 4 is 120 Å². The molecule has 1 aromatic carbocycles. The first-order chi connectivity index (χ1) is 22.2. The average Bonchev–Trinajstić information content (AvgIpc) is 3.87. The number of hydrogen-bond acceptors (Lipinski definition) is 9. The third kappa shape index (κ3) is 4.35. The summed E-state index contributed by atoms with van der Waals surface area (Å²) in [6, 6.07) is 21.2. The van der Waals surface area contributed by atoms with Gasteiger partial charge in [-0.2, -0.15) is 0 Å². The Morgan fingerprint density at radius 3 is 1.57 bits per heavy atom. The van der Waals surface area contributed by atoms with E-state index in [4.69, 9.17) is 0 Å². The number of aryl methyl sites for hydroxylation is 4. The van der Waals surface area contributed by atoms with Crippen molar-refractivity contribution in [3.63, 3.8) is 0 Å². The smallest absolute Gasteiger partial charge is 0.267 e. The molecule has 9 aromatic rings. The lowest BCUT2D eigenvalue weighted by Gasteiger charge is -2.03. The second-order valence-electron chi connectivity index (χ2n) is 11.4. The van der Waals surface area contributed by atoms with Crippen LogP contribution in [0.5, 0.6) is 0 Å². The maximum atomic E-state index is 13.9. The molecule has 0 atom stereocenters. The molecule has 0 bridgehead atoms. The number of nitrogens with zero attached hydrogens (tertiary/aromatic N) is 1. The molecular weight excluding hydrogens is 703 g/mol. The third-order valence-electron chi connectivity index (χ3n) is 8.42. The van der Waals surface area contributed by atoms with Gasteiger partial charge >= 0.3 is 0 Å². The molecule has 0 radical (unpaired) electrons. The van der Waals surface area contributed by atoms with E-state index in [1.54, 1.807) is 34.0 Å². The molecule has 3 nitrogen and oxygen atoms in total. The Hall–Kier alpha value is -3.22. The number of thiophene rings is 7. The molecule has 10 heteroatoms. The predicted molar refractivity (Wildman–Crippen MR) is 209 cm³/mol. The zero-order chi connectivity index (χ0) is 31.4. The molecule has 0 N–H and O–H groups in total. The highest BCUT2D eigenvalue weighted by atomic mass is 32.1. The van der Waals surface area contributed by atoms with Crippen LogP contribution in [0.1, 0.15) is 20.9 Å². The highest BCUT2D eigenvalue weighted by molar-refractivity contribution is 7.32. The Labute approximate surface area is 291 Å². The number of benzene rings is 1. The van der Waals surface area contributed by atoms with Crippen molar-refractivity contribution in [3.05, 3.63) is 108 Å². The van der Waals surface area contributed by atoms with E-state index < -0.39 is 0 Å². The normalized spacial score (nSPS) is 12.1. The maximum Gasteiger partial charge on any atom is 0.267 e. The molecule has 8 heterocycles. The fraction of sp³-hybridized carbons (Fsp3) is 0.111. The summed E-state index contributed by atoms with van der Waals surface area (Å²) in [7, 11) is 0. The van der Waals surface area contributed by atoms with E-state index in [-0.39, 0.29) is 11.1 Å². The summed E-state index contributed by atoms with van der Waals surface area (Å²) in [4.78, 5) is 37.3. The number of fused-ring (bicyclic) bond motifs is 5. The van der Waals surface area contributed by atoms with Gasteiger partial charge < -0.3 is 0 Å². The summed E-state index contributed by atoms with van der Waals surface area (Å²) in [5.41, 5.74) is 2.21. The lowest BCUT2D eigenvalue weighted by atomic mass is 10.0. The molecule has 0 saturated carbocycles. The third-order valence-corrected chi connectivity index (χ3v) is 16.8. The second-order valence-corrected chi connectivity index (χ2v) is 19.1. The van der Waals surface area contributed by atoms with Crippen LogP contribution in [0.3, 0.4) is 0 Å². The van der Waals surface area contributed by atoms with E-state index in [1.807, 2.05) is 70.6 Å². The molecule has 0 aliphatic rings. The predicted octanol–water partition coefficient (Wildman–Crippen LogP) is 12.5. The van der Waals surface area contributed by atoms with Gasteiger partial charge in [-0.3, -0.25) is 9.59 Å². The highest BCUT2D eigenvalue weighted by Crippen LogP contribution is 2.48. The van der Waals surface area contributed by atoms with E-state index >= 15 is 0 Å². The fourth-order valence-corrected chi connectivity index (χ4v) is 13.8. The Balaban J connectivity index is 1.17. The standard InChI is InChI=1S/C36H23NO2S7/c1-16-7-8-24(41-16)27-13-20-18(3)32-21(19(4)31(20)44-27)14-28(45-32)25-9-10-26(43-25)29-15-23-34(46-29)33-22(12-17(2)42-33)35(38)37(36(23)39)30-6-5-11-40-30/h5-15H,1-4H3. The van der Waals surface area contributed by atoms with Crippen LogP contribution >= 0.6 is 79.4 Å². The Morgan fingerprint density at radius 2 is 1.00 bits per heavy atom. The first-order valence-corrected chi connectivity index (χ1v) is 20.3. The molecule has 0 aliphatic heterocycles. The molecular formula is C36H23NO2S7. The molecule has 0 fully saturated rings. The zero-order valence-corrected chi connectivity index (χ0v) is 30.7. The molecule has 0 unspecified atom stereocenters. The molecule has 8 aromatic heterocycles. The minimum atomic E-state index is -0.254. The quantitative estimate of drug-likeness (QED) is 0.181. The monoisotopic (exact) mass is 725 g/mol. The van der Waals surface area contributed by atoms with Crippen LogP contribution < -0.4 is 11.1 Å². The lowest BCUT2D eigenvalue weighted by molar-refractivity contribution is 0.999. The minimum absolute atomic E-state index is 0.247. The van der Waals surface area contributed by atoms with Gasteiger partial charge in [0.25, 0.3) is 11.1 Å². The summed E-state index contributed by atoms with van der Waals surface area (Å²) < 4.78 is 5.88. The van der Waals surface area contributed by atoms with Crippen LogP contribution in [0.15, 0.2) is 75.6 Å². The largest absolute Gasteiger partial charge is 0.268 e. The molecule has 0 spiro atoms. The molecule has 9 rings (SSSR count). The first-order valence-electron chi connectivity index (χ1n) is 14.6. The molecule has 0 saturated heterocycles. The van der Waals surface area contributed by atoms with E-state index in [0.29, 0.717) is 15.8 Å². The van der Waals surface area contributed by atoms with Gasteiger partial charge in [-0.25, -0.2) is 4.57 Å². The molecule has 226 valence electrons. The van der Waals surface area contributed by atoms with Gasteiger partial charge in [-0.1, -0.05) is 0 Å². The summed E-state index contributed by atoms with van der Waals surface area (Å²) in [5, 5.41) is 6.45. The van der Waals surface area contributed by atoms with E-state index in [9.17, 15) is 9.59 Å². The van der Waals surface area contributed by atoms with Crippen molar-refractivity contribution in [2.45, 2.75) is 27.7 Å². The lowest BCUT2D eigenvalue weighted by Crippen LogP contribution is -2.27. The Kier molecular flexibility index (Phi) is 6.70. The van der Waals surface area contributed by atoms with Gasteiger partial charge in [0.1, 0.15) is 5.00 Å². The van der Waals surface area contributed by atoms with Crippen molar-refractivity contribution in [1.82, 2.24) is 4.57 Å². The number of aromatic nitrogens is 1. The fourth-order valence-electron chi connectivity index (χ4n) is 6.17. The van der Waals surface area contributed by atoms with Gasteiger partial charge in [0.15, 0.2) is 0 Å². The SMILES string of the molecule is Cc1ccc(-c2cc3c(C)c4sc(-c5ccc(-c6cc7c(=O)n(-c8cccs8)c(=O)c8cc(C)sc8c7s6)s5)cc4c(C)c3s2)s1. The van der Waals surface area contributed by atoms with Crippen LogP contribution in [0.4, 0.5) is 0 Å². The Morgan fingerprint density at radius 1 is 0.478 bits per heavy atom. The van der Waals surface area contributed by atoms with Crippen molar-refractivity contribution < 1.29 is 0 Å². The van der Waals surface area contributed by atoms with Gasteiger partial charge in [0.2, 0.25) is 0 Å². The summed E-state index contributed by atoms with van der Waals surface area (Å²) >= 11 is 12.0. The van der Waals surface area contributed by atoms with Crippen LogP contribution in [0.2, 0.25) is 0 Å². The van der Waals surface area contributed by atoms with E-state index in [0.717, 1.165) is 24.0 Å². The average molecular weight is 726 g/mol. The van der Waals surface area contributed by atoms with Crippen LogP contribution in [0, 0.1) is 27.7 Å². The molecule has 0 aliphatic carbocycles. The van der Waals surface area contributed by atoms with Gasteiger partial charge in [0.05, 0.1) is 20.2 Å². The number of hydrogen-bond donors (Lipinski definition) is 0. The zero-order valence-electron chi connectivity index (χ0n) is 25.0. The summed E-state index contributed by atoms with van der Waals surface area (Å²) in [6.07, 6.45) is 0. The maximum absolute atomic E-state index is 13.9. The topological polar surface area (TPSA) is 39.1 Å².